The van der Waals surface area contributed by atoms with Gasteiger partial charge in [0, 0.05) is 26.1 Å². The van der Waals surface area contributed by atoms with E-state index in [1.54, 1.807) is 0 Å². The van der Waals surface area contributed by atoms with Gasteiger partial charge in [-0.2, -0.15) is 12.7 Å². The molecule has 0 saturated carbocycles. The normalized spacial score (nSPS) is 21.2. The molecule has 1 amide bonds. The molecule has 0 aromatic heterocycles. The number of carboxylic acids is 1. The molecular weight excluding hydrogens is 274 g/mol. The van der Waals surface area contributed by atoms with Crippen LogP contribution in [0, 0.1) is 5.92 Å². The van der Waals surface area contributed by atoms with Gasteiger partial charge in [0.2, 0.25) is 5.91 Å². The van der Waals surface area contributed by atoms with E-state index in [2.05, 4.69) is 4.72 Å². The molecule has 0 aliphatic carbocycles. The largest absolute Gasteiger partial charge is 0.481 e. The molecular formula is C10H19N3O5S. The predicted molar refractivity (Wildman–Crippen MR) is 67.3 cm³/mol. The van der Waals surface area contributed by atoms with Gasteiger partial charge in [-0.05, 0) is 19.3 Å². The van der Waals surface area contributed by atoms with Crippen LogP contribution >= 0.6 is 0 Å². The summed E-state index contributed by atoms with van der Waals surface area (Å²) in [7, 11) is -3.68. The number of hydrogen-bond acceptors (Lipinski definition) is 4. The number of nitrogens with one attached hydrogen (secondary N) is 1. The molecule has 1 atom stereocenters. The highest BCUT2D eigenvalue weighted by atomic mass is 32.2. The van der Waals surface area contributed by atoms with Crippen LogP contribution < -0.4 is 10.5 Å². The SMILES string of the molecule is NC(=O)CCCNS(=O)(=O)N1CCCC(C(=O)O)C1. The molecule has 4 N–H and O–H groups in total. The third-order valence-corrected chi connectivity index (χ3v) is 4.54. The van der Waals surface area contributed by atoms with Gasteiger partial charge in [0.15, 0.2) is 0 Å². The molecule has 0 radical (unpaired) electrons. The van der Waals surface area contributed by atoms with Crippen LogP contribution in [-0.4, -0.2) is 49.3 Å². The van der Waals surface area contributed by atoms with Crippen LogP contribution in [0.5, 0.6) is 0 Å². The summed E-state index contributed by atoms with van der Waals surface area (Å²) in [4.78, 5) is 21.4. The lowest BCUT2D eigenvalue weighted by molar-refractivity contribution is -0.142. The molecule has 8 nitrogen and oxygen atoms in total. The number of primary amides is 1. The number of carboxylic acid groups (broad SMARTS) is 1. The topological polar surface area (TPSA) is 130 Å². The van der Waals surface area contributed by atoms with E-state index in [1.807, 2.05) is 0 Å². The van der Waals surface area contributed by atoms with E-state index in [1.165, 1.54) is 0 Å². The maximum Gasteiger partial charge on any atom is 0.307 e. The Balaban J connectivity index is 2.47. The number of aliphatic carboxylic acids is 1. The van der Waals surface area contributed by atoms with E-state index >= 15 is 0 Å². The first-order valence-electron chi connectivity index (χ1n) is 6.09. The fourth-order valence-corrected chi connectivity index (χ4v) is 3.25. The van der Waals surface area contributed by atoms with Crippen molar-refractivity contribution >= 4 is 22.1 Å². The lowest BCUT2D eigenvalue weighted by Crippen LogP contribution is -2.47. The standard InChI is InChI=1S/C10H19N3O5S/c11-9(14)4-1-5-12-19(17,18)13-6-2-3-8(7-13)10(15)16/h8,12H,1-7H2,(H2,11,14)(H,15,16). The Labute approximate surface area is 112 Å². The average Bonchev–Trinajstić information content (AvgIpc) is 2.34. The minimum Gasteiger partial charge on any atom is -0.481 e. The molecule has 1 aliphatic rings. The van der Waals surface area contributed by atoms with Gasteiger partial charge in [0.05, 0.1) is 5.92 Å². The monoisotopic (exact) mass is 293 g/mol. The van der Waals surface area contributed by atoms with Crippen LogP contribution in [0.15, 0.2) is 0 Å². The molecule has 0 bridgehead atoms. The quantitative estimate of drug-likeness (QED) is 0.512. The Morgan fingerprint density at radius 1 is 1.42 bits per heavy atom. The van der Waals surface area contributed by atoms with Crippen LogP contribution in [0.4, 0.5) is 0 Å². The number of amides is 1. The van der Waals surface area contributed by atoms with Gasteiger partial charge >= 0.3 is 5.97 Å². The van der Waals surface area contributed by atoms with Gasteiger partial charge in [0.1, 0.15) is 0 Å². The zero-order chi connectivity index (χ0) is 14.5. The molecule has 1 aliphatic heterocycles. The lowest BCUT2D eigenvalue weighted by atomic mass is 10.0. The summed E-state index contributed by atoms with van der Waals surface area (Å²) < 4.78 is 27.3. The van der Waals surface area contributed by atoms with Crippen molar-refractivity contribution in [3.8, 4) is 0 Å². The third-order valence-electron chi connectivity index (χ3n) is 2.96. The van der Waals surface area contributed by atoms with Crippen molar-refractivity contribution in [1.29, 1.82) is 0 Å². The van der Waals surface area contributed by atoms with Crippen LogP contribution in [0.3, 0.4) is 0 Å². The first-order chi connectivity index (χ1) is 8.83. The van der Waals surface area contributed by atoms with Gasteiger partial charge in [-0.3, -0.25) is 9.59 Å². The number of nitrogens with two attached hydrogens (primary N) is 1. The molecule has 110 valence electrons. The summed E-state index contributed by atoms with van der Waals surface area (Å²) in [5.41, 5.74) is 4.94. The van der Waals surface area contributed by atoms with Gasteiger partial charge in [-0.1, -0.05) is 0 Å². The van der Waals surface area contributed by atoms with E-state index in [4.69, 9.17) is 10.8 Å². The van der Waals surface area contributed by atoms with E-state index in [-0.39, 0.29) is 19.5 Å². The number of carbonyl (C=O) groups is 2. The molecule has 9 heteroatoms. The van der Waals surface area contributed by atoms with Crippen molar-refractivity contribution in [3.63, 3.8) is 0 Å². The highest BCUT2D eigenvalue weighted by molar-refractivity contribution is 7.87. The summed E-state index contributed by atoms with van der Waals surface area (Å²) >= 11 is 0. The summed E-state index contributed by atoms with van der Waals surface area (Å²) in [5.74, 6) is -2.12. The number of carbonyl (C=O) groups excluding carboxylic acids is 1. The number of rotatable bonds is 7. The maximum absolute atomic E-state index is 11.9. The molecule has 0 spiro atoms. The van der Waals surface area contributed by atoms with E-state index < -0.39 is 28.0 Å². The highest BCUT2D eigenvalue weighted by Crippen LogP contribution is 2.18. The second-order valence-corrected chi connectivity index (χ2v) is 6.26. The predicted octanol–water partition coefficient (Wildman–Crippen LogP) is -1.12. The fourth-order valence-electron chi connectivity index (χ4n) is 1.92. The lowest BCUT2D eigenvalue weighted by Gasteiger charge is -2.29. The number of piperidine rings is 1. The van der Waals surface area contributed by atoms with Crippen molar-refractivity contribution in [1.82, 2.24) is 9.03 Å². The Morgan fingerprint density at radius 2 is 2.11 bits per heavy atom. The Bertz CT molecular complexity index is 436. The van der Waals surface area contributed by atoms with Crippen molar-refractivity contribution < 1.29 is 23.1 Å². The van der Waals surface area contributed by atoms with Gasteiger partial charge < -0.3 is 10.8 Å². The van der Waals surface area contributed by atoms with Gasteiger partial charge in [-0.15, -0.1) is 0 Å². The van der Waals surface area contributed by atoms with Gasteiger partial charge in [0.25, 0.3) is 10.2 Å². The zero-order valence-corrected chi connectivity index (χ0v) is 11.4. The molecule has 0 aromatic carbocycles. The smallest absolute Gasteiger partial charge is 0.307 e. The molecule has 1 heterocycles. The minimum absolute atomic E-state index is 0.0134. The second kappa shape index (κ2) is 6.83. The number of nitrogens with zero attached hydrogens (tertiary/aromatic N) is 1. The maximum atomic E-state index is 11.9. The fraction of sp³-hybridized carbons (Fsp3) is 0.800. The minimum atomic E-state index is -3.68. The van der Waals surface area contributed by atoms with Crippen LogP contribution in [-0.2, 0) is 19.8 Å². The summed E-state index contributed by atoms with van der Waals surface area (Å²) in [6, 6.07) is 0. The second-order valence-electron chi connectivity index (χ2n) is 4.50. The number of hydrogen-bond donors (Lipinski definition) is 3. The third kappa shape index (κ3) is 5.13. The van der Waals surface area contributed by atoms with Crippen LogP contribution in [0.2, 0.25) is 0 Å². The van der Waals surface area contributed by atoms with Crippen LogP contribution in [0.25, 0.3) is 0 Å². The zero-order valence-electron chi connectivity index (χ0n) is 10.5. The van der Waals surface area contributed by atoms with Crippen LogP contribution in [0.1, 0.15) is 25.7 Å². The molecule has 1 rings (SSSR count). The Hall–Kier alpha value is -1.19. The van der Waals surface area contributed by atoms with Crippen molar-refractivity contribution in [2.75, 3.05) is 19.6 Å². The highest BCUT2D eigenvalue weighted by Gasteiger charge is 2.31. The van der Waals surface area contributed by atoms with Crippen molar-refractivity contribution in [2.24, 2.45) is 11.7 Å². The Kier molecular flexibility index (Phi) is 5.70. The summed E-state index contributed by atoms with van der Waals surface area (Å²) in [5, 5.41) is 8.90. The Morgan fingerprint density at radius 3 is 2.68 bits per heavy atom. The van der Waals surface area contributed by atoms with E-state index in [0.29, 0.717) is 25.8 Å². The first kappa shape index (κ1) is 15.9. The molecule has 1 saturated heterocycles. The molecule has 0 aromatic rings. The summed E-state index contributed by atoms with van der Waals surface area (Å²) in [6.45, 7) is 0.412. The molecule has 1 fully saturated rings. The van der Waals surface area contributed by atoms with E-state index in [0.717, 1.165) is 4.31 Å². The van der Waals surface area contributed by atoms with Crippen molar-refractivity contribution in [2.45, 2.75) is 25.7 Å². The molecule has 1 unspecified atom stereocenters. The van der Waals surface area contributed by atoms with Crippen molar-refractivity contribution in [3.05, 3.63) is 0 Å². The molecule has 19 heavy (non-hydrogen) atoms. The average molecular weight is 293 g/mol. The van der Waals surface area contributed by atoms with Gasteiger partial charge in [-0.25, -0.2) is 4.72 Å². The first-order valence-corrected chi connectivity index (χ1v) is 7.53. The summed E-state index contributed by atoms with van der Waals surface area (Å²) in [6.07, 6.45) is 1.45. The van der Waals surface area contributed by atoms with E-state index in [9.17, 15) is 18.0 Å².